The molecule has 0 aliphatic rings. The van der Waals surface area contributed by atoms with Crippen molar-refractivity contribution in [2.45, 2.75) is 12.5 Å². The van der Waals surface area contributed by atoms with Gasteiger partial charge in [0.2, 0.25) is 5.91 Å². The van der Waals surface area contributed by atoms with Gasteiger partial charge < -0.3 is 15.5 Å². The fourth-order valence-corrected chi connectivity index (χ4v) is 2.38. The zero-order valence-corrected chi connectivity index (χ0v) is 14.3. The molecule has 2 rings (SSSR count). The van der Waals surface area contributed by atoms with E-state index < -0.39 is 12.1 Å². The molecule has 25 heavy (non-hydrogen) atoms. The number of nitrogens with zero attached hydrogens (tertiary/aromatic N) is 1. The summed E-state index contributed by atoms with van der Waals surface area (Å²) in [6.07, 6.45) is 0.219. The van der Waals surface area contributed by atoms with E-state index in [1.54, 1.807) is 26.2 Å². The molecule has 5 nitrogen and oxygen atoms in total. The van der Waals surface area contributed by atoms with Crippen LogP contribution < -0.4 is 10.6 Å². The summed E-state index contributed by atoms with van der Waals surface area (Å²) in [5, 5.41) is 5.50. The van der Waals surface area contributed by atoms with Crippen LogP contribution in [-0.2, 0) is 4.79 Å². The van der Waals surface area contributed by atoms with Crippen molar-refractivity contribution in [1.29, 1.82) is 0 Å². The van der Waals surface area contributed by atoms with E-state index >= 15 is 0 Å². The molecular formula is C19H22FN3O2. The number of urea groups is 1. The highest BCUT2D eigenvalue weighted by atomic mass is 19.1. The number of nitrogens with one attached hydrogen (secondary N) is 2. The lowest BCUT2D eigenvalue weighted by molar-refractivity contribution is -0.128. The fourth-order valence-electron chi connectivity index (χ4n) is 2.38. The molecule has 0 saturated carbocycles. The van der Waals surface area contributed by atoms with Crippen LogP contribution >= 0.6 is 0 Å². The van der Waals surface area contributed by atoms with Crippen molar-refractivity contribution < 1.29 is 14.0 Å². The molecule has 0 aromatic heterocycles. The highest BCUT2D eigenvalue weighted by Gasteiger charge is 2.17. The smallest absolute Gasteiger partial charge is 0.315 e. The van der Waals surface area contributed by atoms with Gasteiger partial charge in [-0.15, -0.1) is 0 Å². The van der Waals surface area contributed by atoms with Crippen LogP contribution in [-0.4, -0.2) is 37.5 Å². The predicted octanol–water partition coefficient (Wildman–Crippen LogP) is 2.69. The van der Waals surface area contributed by atoms with E-state index in [1.165, 1.54) is 17.0 Å². The van der Waals surface area contributed by atoms with Gasteiger partial charge in [-0.25, -0.2) is 9.18 Å². The van der Waals surface area contributed by atoms with E-state index in [2.05, 4.69) is 10.6 Å². The maximum atomic E-state index is 13.6. The molecule has 0 radical (unpaired) electrons. The minimum absolute atomic E-state index is 0.0648. The second kappa shape index (κ2) is 8.82. The van der Waals surface area contributed by atoms with Gasteiger partial charge in [-0.05, 0) is 23.3 Å². The molecule has 0 heterocycles. The molecular weight excluding hydrogens is 321 g/mol. The number of amides is 3. The van der Waals surface area contributed by atoms with Crippen molar-refractivity contribution in [2.24, 2.45) is 0 Å². The SMILES string of the molecule is CN(C)C(=O)CCNC(=O)N[C@H](c1ccccc1)c1cccc(F)c1. The molecule has 0 aliphatic heterocycles. The monoisotopic (exact) mass is 343 g/mol. The Bertz CT molecular complexity index is 720. The number of benzene rings is 2. The molecule has 0 spiro atoms. The Morgan fingerprint density at radius 2 is 1.72 bits per heavy atom. The normalized spacial score (nSPS) is 11.5. The van der Waals surface area contributed by atoms with Crippen LogP contribution in [0, 0.1) is 5.82 Å². The molecule has 0 aliphatic carbocycles. The topological polar surface area (TPSA) is 61.4 Å². The Balaban J connectivity index is 2.06. The van der Waals surface area contributed by atoms with Gasteiger partial charge in [-0.2, -0.15) is 0 Å². The molecule has 0 fully saturated rings. The molecule has 1 atom stereocenters. The largest absolute Gasteiger partial charge is 0.349 e. The van der Waals surface area contributed by atoms with E-state index in [9.17, 15) is 14.0 Å². The molecule has 0 unspecified atom stereocenters. The number of halogens is 1. The predicted molar refractivity (Wildman–Crippen MR) is 94.5 cm³/mol. The Kier molecular flexibility index (Phi) is 6.51. The maximum absolute atomic E-state index is 13.6. The number of carbonyl (C=O) groups excluding carboxylic acids is 2. The average molecular weight is 343 g/mol. The number of carbonyl (C=O) groups is 2. The van der Waals surface area contributed by atoms with Crippen LogP contribution in [0.3, 0.4) is 0 Å². The average Bonchev–Trinajstić information content (AvgIpc) is 2.60. The van der Waals surface area contributed by atoms with Gasteiger partial charge in [0.05, 0.1) is 6.04 Å². The first kappa shape index (κ1) is 18.4. The number of rotatable bonds is 6. The third-order valence-electron chi connectivity index (χ3n) is 3.71. The van der Waals surface area contributed by atoms with Gasteiger partial charge in [0, 0.05) is 27.1 Å². The third-order valence-corrected chi connectivity index (χ3v) is 3.71. The Morgan fingerprint density at radius 3 is 2.36 bits per heavy atom. The van der Waals surface area contributed by atoms with Gasteiger partial charge in [-0.1, -0.05) is 42.5 Å². The summed E-state index contributed by atoms with van der Waals surface area (Å²) in [5.74, 6) is -0.428. The molecule has 2 aromatic carbocycles. The number of hydrogen-bond acceptors (Lipinski definition) is 2. The molecule has 3 amide bonds. The Labute approximate surface area is 146 Å². The minimum atomic E-state index is -0.485. The van der Waals surface area contributed by atoms with E-state index in [1.807, 2.05) is 30.3 Å². The fraction of sp³-hybridized carbons (Fsp3) is 0.263. The lowest BCUT2D eigenvalue weighted by atomic mass is 9.99. The second-order valence-electron chi connectivity index (χ2n) is 5.84. The van der Waals surface area contributed by atoms with E-state index in [0.717, 1.165) is 5.56 Å². The Hall–Kier alpha value is -2.89. The van der Waals surface area contributed by atoms with Crippen LogP contribution in [0.5, 0.6) is 0 Å². The van der Waals surface area contributed by atoms with Crippen molar-refractivity contribution >= 4 is 11.9 Å². The quantitative estimate of drug-likeness (QED) is 0.847. The van der Waals surface area contributed by atoms with Gasteiger partial charge in [0.25, 0.3) is 0 Å². The third kappa shape index (κ3) is 5.60. The summed E-state index contributed by atoms with van der Waals surface area (Å²) in [5.41, 5.74) is 1.48. The van der Waals surface area contributed by atoms with Crippen LogP contribution in [0.1, 0.15) is 23.6 Å². The van der Waals surface area contributed by atoms with Crippen molar-refractivity contribution in [2.75, 3.05) is 20.6 Å². The summed E-state index contributed by atoms with van der Waals surface area (Å²) in [7, 11) is 3.33. The van der Waals surface area contributed by atoms with Crippen LogP contribution in [0.15, 0.2) is 54.6 Å². The lowest BCUT2D eigenvalue weighted by Crippen LogP contribution is -2.40. The van der Waals surface area contributed by atoms with Crippen LogP contribution in [0.2, 0.25) is 0 Å². The maximum Gasteiger partial charge on any atom is 0.315 e. The first-order valence-corrected chi connectivity index (χ1v) is 8.02. The standard InChI is InChI=1S/C19H22FN3O2/c1-23(2)17(24)11-12-21-19(25)22-18(14-7-4-3-5-8-14)15-9-6-10-16(20)13-15/h3-10,13,18H,11-12H2,1-2H3,(H2,21,22,25)/t18-/m1/s1. The molecule has 0 saturated heterocycles. The molecule has 132 valence electrons. The van der Waals surface area contributed by atoms with Crippen LogP contribution in [0.4, 0.5) is 9.18 Å². The van der Waals surface area contributed by atoms with E-state index in [0.29, 0.717) is 5.56 Å². The van der Waals surface area contributed by atoms with Crippen molar-refractivity contribution in [3.05, 3.63) is 71.5 Å². The Morgan fingerprint density at radius 1 is 1.04 bits per heavy atom. The summed E-state index contributed by atoms with van der Waals surface area (Å²) in [4.78, 5) is 25.2. The first-order chi connectivity index (χ1) is 12.0. The van der Waals surface area contributed by atoms with E-state index in [4.69, 9.17) is 0 Å². The molecule has 2 aromatic rings. The highest BCUT2D eigenvalue weighted by Crippen LogP contribution is 2.22. The molecule has 2 N–H and O–H groups in total. The summed E-state index contributed by atoms with van der Waals surface area (Å²) >= 11 is 0. The van der Waals surface area contributed by atoms with Gasteiger partial charge in [0.15, 0.2) is 0 Å². The van der Waals surface area contributed by atoms with Crippen molar-refractivity contribution in [3.63, 3.8) is 0 Å². The zero-order chi connectivity index (χ0) is 18.2. The second-order valence-corrected chi connectivity index (χ2v) is 5.84. The summed E-state index contributed by atoms with van der Waals surface area (Å²) < 4.78 is 13.6. The van der Waals surface area contributed by atoms with Gasteiger partial charge in [0.1, 0.15) is 5.82 Å². The van der Waals surface area contributed by atoms with Gasteiger partial charge >= 0.3 is 6.03 Å². The lowest BCUT2D eigenvalue weighted by Gasteiger charge is -2.20. The number of hydrogen-bond donors (Lipinski definition) is 2. The summed E-state index contributed by atoms with van der Waals surface area (Å²) in [6, 6.07) is 14.5. The molecule has 6 heteroatoms. The van der Waals surface area contributed by atoms with E-state index in [-0.39, 0.29) is 24.7 Å². The van der Waals surface area contributed by atoms with Crippen molar-refractivity contribution in [3.8, 4) is 0 Å². The van der Waals surface area contributed by atoms with Crippen LogP contribution in [0.25, 0.3) is 0 Å². The van der Waals surface area contributed by atoms with Crippen molar-refractivity contribution in [1.82, 2.24) is 15.5 Å². The molecule has 0 bridgehead atoms. The highest BCUT2D eigenvalue weighted by molar-refractivity contribution is 5.78. The van der Waals surface area contributed by atoms with Gasteiger partial charge in [-0.3, -0.25) is 4.79 Å². The minimum Gasteiger partial charge on any atom is -0.349 e. The first-order valence-electron chi connectivity index (χ1n) is 8.02. The summed E-state index contributed by atoms with van der Waals surface area (Å²) in [6.45, 7) is 0.230. The zero-order valence-electron chi connectivity index (χ0n) is 14.3.